The van der Waals surface area contributed by atoms with E-state index < -0.39 is 0 Å². The van der Waals surface area contributed by atoms with Crippen molar-refractivity contribution in [2.45, 2.75) is 26.7 Å². The van der Waals surface area contributed by atoms with Crippen LogP contribution < -0.4 is 5.32 Å². The molecule has 0 saturated heterocycles. The largest absolute Gasteiger partial charge is 0.372 e. The second-order valence-electron chi connectivity index (χ2n) is 2.71. The van der Waals surface area contributed by atoms with Crippen molar-refractivity contribution in [2.75, 3.05) is 12.4 Å². The number of halogens is 1. The van der Waals surface area contributed by atoms with Gasteiger partial charge in [-0.15, -0.1) is 0 Å². The van der Waals surface area contributed by atoms with E-state index >= 15 is 0 Å². The maximum absolute atomic E-state index is 4.46. The van der Waals surface area contributed by atoms with Gasteiger partial charge in [0.15, 0.2) is 0 Å². The topological polar surface area (TPSA) is 37.8 Å². The summed E-state index contributed by atoms with van der Waals surface area (Å²) in [7, 11) is 1.89. The van der Waals surface area contributed by atoms with E-state index in [1.165, 1.54) is 0 Å². The van der Waals surface area contributed by atoms with E-state index in [9.17, 15) is 0 Å². The first-order valence-corrected chi connectivity index (χ1v) is 5.53. The van der Waals surface area contributed by atoms with Crippen LogP contribution in [0.5, 0.6) is 0 Å². The average molecular weight is 291 g/mol. The molecule has 1 heterocycles. The molecule has 1 rings (SSSR count). The number of rotatable bonds is 3. The molecule has 0 atom stereocenters. The van der Waals surface area contributed by atoms with Crippen molar-refractivity contribution in [3.05, 3.63) is 15.1 Å². The van der Waals surface area contributed by atoms with E-state index in [2.05, 4.69) is 51.7 Å². The number of nitrogens with one attached hydrogen (secondary N) is 1. The van der Waals surface area contributed by atoms with Gasteiger partial charge in [-0.05, 0) is 29.0 Å². The van der Waals surface area contributed by atoms with Gasteiger partial charge in [0.05, 0.1) is 9.26 Å². The molecule has 0 radical (unpaired) electrons. The molecule has 0 aliphatic carbocycles. The quantitative estimate of drug-likeness (QED) is 0.868. The summed E-state index contributed by atoms with van der Waals surface area (Å²) in [6.45, 7) is 4.18. The third-order valence-electron chi connectivity index (χ3n) is 1.85. The van der Waals surface area contributed by atoms with E-state index in [0.29, 0.717) is 0 Å². The van der Waals surface area contributed by atoms with Crippen molar-refractivity contribution < 1.29 is 0 Å². The SMILES string of the molecule is CCc1nc(CC)c(I)c(NC)n1. The Morgan fingerprint density at radius 2 is 1.92 bits per heavy atom. The third-order valence-corrected chi connectivity index (χ3v) is 2.99. The van der Waals surface area contributed by atoms with Gasteiger partial charge in [-0.25, -0.2) is 9.97 Å². The Balaban J connectivity index is 3.20. The first kappa shape index (κ1) is 10.7. The van der Waals surface area contributed by atoms with Crippen molar-refractivity contribution in [2.24, 2.45) is 0 Å². The Labute approximate surface area is 92.5 Å². The fourth-order valence-electron chi connectivity index (χ4n) is 1.10. The van der Waals surface area contributed by atoms with Crippen molar-refractivity contribution in [1.29, 1.82) is 0 Å². The van der Waals surface area contributed by atoms with Crippen molar-refractivity contribution in [3.8, 4) is 0 Å². The second-order valence-corrected chi connectivity index (χ2v) is 3.78. The molecule has 0 unspecified atom stereocenters. The molecule has 72 valence electrons. The van der Waals surface area contributed by atoms with Crippen LogP contribution in [0.15, 0.2) is 0 Å². The highest BCUT2D eigenvalue weighted by atomic mass is 127. The van der Waals surface area contributed by atoms with Crippen molar-refractivity contribution in [3.63, 3.8) is 0 Å². The summed E-state index contributed by atoms with van der Waals surface area (Å²) in [5.74, 6) is 1.87. The molecule has 4 heteroatoms. The Kier molecular flexibility index (Phi) is 3.90. The molecule has 0 fully saturated rings. The Morgan fingerprint density at radius 1 is 1.23 bits per heavy atom. The van der Waals surface area contributed by atoms with Gasteiger partial charge in [-0.2, -0.15) is 0 Å². The van der Waals surface area contributed by atoms with Crippen LogP contribution >= 0.6 is 22.6 Å². The van der Waals surface area contributed by atoms with Gasteiger partial charge >= 0.3 is 0 Å². The standard InChI is InChI=1S/C9H14IN3/c1-4-6-8(10)9(11-3)13-7(5-2)12-6/h4-5H2,1-3H3,(H,11,12,13). The summed E-state index contributed by atoms with van der Waals surface area (Å²) in [5.41, 5.74) is 1.14. The molecule has 1 N–H and O–H groups in total. The van der Waals surface area contributed by atoms with Gasteiger partial charge in [0, 0.05) is 13.5 Å². The smallest absolute Gasteiger partial charge is 0.143 e. The molecule has 1 aromatic heterocycles. The number of nitrogens with zero attached hydrogens (tertiary/aromatic N) is 2. The molecule has 0 saturated carbocycles. The zero-order valence-electron chi connectivity index (χ0n) is 8.19. The summed E-state index contributed by atoms with van der Waals surface area (Å²) in [4.78, 5) is 8.85. The number of hydrogen-bond acceptors (Lipinski definition) is 3. The fraction of sp³-hybridized carbons (Fsp3) is 0.556. The zero-order chi connectivity index (χ0) is 9.84. The summed E-state index contributed by atoms with van der Waals surface area (Å²) in [6, 6.07) is 0. The first-order chi connectivity index (χ1) is 6.22. The van der Waals surface area contributed by atoms with Gasteiger partial charge in [0.1, 0.15) is 11.6 Å². The lowest BCUT2D eigenvalue weighted by molar-refractivity contribution is 0.881. The minimum Gasteiger partial charge on any atom is -0.372 e. The highest BCUT2D eigenvalue weighted by Gasteiger charge is 2.08. The summed E-state index contributed by atoms with van der Waals surface area (Å²) in [6.07, 6.45) is 1.85. The van der Waals surface area contributed by atoms with Crippen molar-refractivity contribution >= 4 is 28.4 Å². The highest BCUT2D eigenvalue weighted by molar-refractivity contribution is 14.1. The van der Waals surface area contributed by atoms with Gasteiger partial charge in [-0.3, -0.25) is 0 Å². The minimum absolute atomic E-state index is 0.888. The Morgan fingerprint density at radius 3 is 2.38 bits per heavy atom. The van der Waals surface area contributed by atoms with E-state index in [-0.39, 0.29) is 0 Å². The predicted octanol–water partition coefficient (Wildman–Crippen LogP) is 2.25. The van der Waals surface area contributed by atoms with Gasteiger partial charge in [-0.1, -0.05) is 13.8 Å². The first-order valence-electron chi connectivity index (χ1n) is 4.45. The van der Waals surface area contributed by atoms with Crippen LogP contribution in [0.1, 0.15) is 25.4 Å². The summed E-state index contributed by atoms with van der Waals surface area (Å²) in [5, 5.41) is 3.09. The fourth-order valence-corrected chi connectivity index (χ4v) is 1.99. The van der Waals surface area contributed by atoms with Gasteiger partial charge in [0.25, 0.3) is 0 Å². The lowest BCUT2D eigenvalue weighted by atomic mass is 10.3. The molecule has 13 heavy (non-hydrogen) atoms. The molecular formula is C9H14IN3. The van der Waals surface area contributed by atoms with E-state index in [0.717, 1.165) is 33.7 Å². The lowest BCUT2D eigenvalue weighted by Gasteiger charge is -2.08. The maximum atomic E-state index is 4.46. The second kappa shape index (κ2) is 4.74. The molecule has 1 aromatic rings. The normalized spacial score (nSPS) is 10.2. The molecule has 0 spiro atoms. The monoisotopic (exact) mass is 291 g/mol. The van der Waals surface area contributed by atoms with E-state index in [4.69, 9.17) is 0 Å². The van der Waals surface area contributed by atoms with Crippen molar-refractivity contribution in [1.82, 2.24) is 9.97 Å². The molecule has 0 aliphatic rings. The zero-order valence-corrected chi connectivity index (χ0v) is 10.3. The van der Waals surface area contributed by atoms with Gasteiger partial charge in [0.2, 0.25) is 0 Å². The van der Waals surface area contributed by atoms with Crippen LogP contribution in [-0.2, 0) is 12.8 Å². The van der Waals surface area contributed by atoms with Crippen LogP contribution in [0.3, 0.4) is 0 Å². The van der Waals surface area contributed by atoms with E-state index in [1.807, 2.05) is 7.05 Å². The maximum Gasteiger partial charge on any atom is 0.143 e. The molecule has 0 aliphatic heterocycles. The average Bonchev–Trinajstić information content (AvgIpc) is 2.18. The lowest BCUT2D eigenvalue weighted by Crippen LogP contribution is -2.06. The van der Waals surface area contributed by atoms with Crippen LogP contribution in [0.25, 0.3) is 0 Å². The van der Waals surface area contributed by atoms with Crippen LogP contribution in [0.2, 0.25) is 0 Å². The summed E-state index contributed by atoms with van der Waals surface area (Å²) < 4.78 is 1.14. The van der Waals surface area contributed by atoms with E-state index in [1.54, 1.807) is 0 Å². The number of hydrogen-bond donors (Lipinski definition) is 1. The number of anilines is 1. The predicted molar refractivity (Wildman–Crippen MR) is 63.1 cm³/mol. The molecule has 3 nitrogen and oxygen atoms in total. The minimum atomic E-state index is 0.888. The molecular weight excluding hydrogens is 277 g/mol. The van der Waals surface area contributed by atoms with Gasteiger partial charge < -0.3 is 5.32 Å². The van der Waals surface area contributed by atoms with Crippen LogP contribution in [-0.4, -0.2) is 17.0 Å². The Bertz CT molecular complexity index is 274. The molecule has 0 aromatic carbocycles. The van der Waals surface area contributed by atoms with Crippen LogP contribution in [0, 0.1) is 3.57 Å². The molecule has 0 bridgehead atoms. The highest BCUT2D eigenvalue weighted by Crippen LogP contribution is 2.19. The third kappa shape index (κ3) is 2.30. The number of aryl methyl sites for hydroxylation is 2. The number of aromatic nitrogens is 2. The summed E-state index contributed by atoms with van der Waals surface area (Å²) >= 11 is 2.29. The molecule has 0 amide bonds. The van der Waals surface area contributed by atoms with Crippen LogP contribution in [0.4, 0.5) is 5.82 Å². The Hall–Kier alpha value is -0.390.